The molecule has 226 valence electrons. The molecule has 0 spiro atoms. The van der Waals surface area contributed by atoms with Crippen molar-refractivity contribution in [3.63, 3.8) is 0 Å². The molecular formula is C34H37N7O3. The van der Waals surface area contributed by atoms with Gasteiger partial charge in [-0.3, -0.25) is 14.4 Å². The van der Waals surface area contributed by atoms with E-state index in [4.69, 9.17) is 0 Å². The van der Waals surface area contributed by atoms with Gasteiger partial charge in [-0.1, -0.05) is 37.3 Å². The van der Waals surface area contributed by atoms with Crippen molar-refractivity contribution in [2.45, 2.75) is 39.7 Å². The maximum absolute atomic E-state index is 13.1. The number of nitrogens with zero attached hydrogens (tertiary/aromatic N) is 5. The topological polar surface area (TPSA) is 114 Å². The summed E-state index contributed by atoms with van der Waals surface area (Å²) in [5.41, 5.74) is 4.38. The van der Waals surface area contributed by atoms with Crippen LogP contribution >= 0.6 is 0 Å². The molecule has 0 radical (unpaired) electrons. The monoisotopic (exact) mass is 591 g/mol. The van der Waals surface area contributed by atoms with E-state index < -0.39 is 0 Å². The first kappa shape index (κ1) is 30.2. The number of aromatic nitrogens is 4. The van der Waals surface area contributed by atoms with Gasteiger partial charge in [-0.25, -0.2) is 9.97 Å². The van der Waals surface area contributed by atoms with Crippen LogP contribution < -0.4 is 16.2 Å². The molecule has 10 nitrogen and oxygen atoms in total. The fourth-order valence-electron chi connectivity index (χ4n) is 5.21. The SMILES string of the molecule is CCCN(CC)C(=O)c1ccc(Nc2nc(-c3cccc(NC(=O)C4=CCC(n5ccnc5)C=C4)c3C)cn(C)c2=O)cc1. The van der Waals surface area contributed by atoms with Crippen molar-refractivity contribution in [3.8, 4) is 11.3 Å². The second-order valence-electron chi connectivity index (χ2n) is 10.7. The van der Waals surface area contributed by atoms with Gasteiger partial charge in [0.1, 0.15) is 0 Å². The van der Waals surface area contributed by atoms with Crippen LogP contribution in [0, 0.1) is 6.92 Å². The van der Waals surface area contributed by atoms with Crippen LogP contribution in [0.5, 0.6) is 0 Å². The lowest BCUT2D eigenvalue weighted by molar-refractivity contribution is -0.112. The van der Waals surface area contributed by atoms with Crippen molar-refractivity contribution in [1.82, 2.24) is 24.0 Å². The lowest BCUT2D eigenvalue weighted by Crippen LogP contribution is -2.31. The van der Waals surface area contributed by atoms with E-state index in [9.17, 15) is 14.4 Å². The van der Waals surface area contributed by atoms with Gasteiger partial charge in [0.15, 0.2) is 5.82 Å². The van der Waals surface area contributed by atoms with E-state index in [2.05, 4.69) is 20.6 Å². The molecule has 0 saturated carbocycles. The Morgan fingerprint density at radius 2 is 1.91 bits per heavy atom. The zero-order valence-corrected chi connectivity index (χ0v) is 25.4. The third-order valence-corrected chi connectivity index (χ3v) is 7.73. The van der Waals surface area contributed by atoms with Gasteiger partial charge in [0, 0.05) is 66.8 Å². The Bertz CT molecular complexity index is 1770. The number of rotatable bonds is 10. The number of anilines is 3. The van der Waals surface area contributed by atoms with Crippen molar-refractivity contribution < 1.29 is 9.59 Å². The molecule has 5 rings (SSSR count). The number of aryl methyl sites for hydroxylation is 1. The van der Waals surface area contributed by atoms with E-state index >= 15 is 0 Å². The van der Waals surface area contributed by atoms with Gasteiger partial charge in [0.2, 0.25) is 0 Å². The molecule has 2 N–H and O–H groups in total. The normalized spacial score (nSPS) is 14.2. The summed E-state index contributed by atoms with van der Waals surface area (Å²) in [6, 6.07) is 12.8. The fourth-order valence-corrected chi connectivity index (χ4v) is 5.21. The summed E-state index contributed by atoms with van der Waals surface area (Å²) >= 11 is 0. The molecule has 1 unspecified atom stereocenters. The van der Waals surface area contributed by atoms with Crippen LogP contribution in [0.2, 0.25) is 0 Å². The van der Waals surface area contributed by atoms with Gasteiger partial charge >= 0.3 is 0 Å². The average molecular weight is 592 g/mol. The molecule has 44 heavy (non-hydrogen) atoms. The van der Waals surface area contributed by atoms with E-state index in [1.807, 2.05) is 72.9 Å². The third kappa shape index (κ3) is 6.54. The Morgan fingerprint density at radius 3 is 2.57 bits per heavy atom. The van der Waals surface area contributed by atoms with Crippen molar-refractivity contribution in [1.29, 1.82) is 0 Å². The van der Waals surface area contributed by atoms with Gasteiger partial charge in [-0.15, -0.1) is 0 Å². The number of imidazole rings is 1. The van der Waals surface area contributed by atoms with Crippen molar-refractivity contribution in [2.75, 3.05) is 23.7 Å². The second-order valence-corrected chi connectivity index (χ2v) is 10.7. The Balaban J connectivity index is 1.33. The molecule has 10 heteroatoms. The summed E-state index contributed by atoms with van der Waals surface area (Å²) in [7, 11) is 1.67. The van der Waals surface area contributed by atoms with Crippen molar-refractivity contribution in [2.24, 2.45) is 7.05 Å². The Kier molecular flexibility index (Phi) is 9.18. The number of benzene rings is 2. The lowest BCUT2D eigenvalue weighted by atomic mass is 10.0. The van der Waals surface area contributed by atoms with Crippen LogP contribution in [-0.2, 0) is 11.8 Å². The molecule has 2 amide bonds. The summed E-state index contributed by atoms with van der Waals surface area (Å²) in [4.78, 5) is 49.5. The highest BCUT2D eigenvalue weighted by atomic mass is 16.2. The van der Waals surface area contributed by atoms with Gasteiger partial charge in [-0.05, 0) is 62.6 Å². The Hall–Kier alpha value is -5.25. The maximum atomic E-state index is 13.1. The highest BCUT2D eigenvalue weighted by Gasteiger charge is 2.18. The lowest BCUT2D eigenvalue weighted by Gasteiger charge is -2.20. The van der Waals surface area contributed by atoms with E-state index in [-0.39, 0.29) is 29.2 Å². The molecule has 2 heterocycles. The second kappa shape index (κ2) is 13.4. The third-order valence-electron chi connectivity index (χ3n) is 7.73. The summed E-state index contributed by atoms with van der Waals surface area (Å²) < 4.78 is 3.48. The van der Waals surface area contributed by atoms with Crippen LogP contribution in [0.3, 0.4) is 0 Å². The smallest absolute Gasteiger partial charge is 0.293 e. The first-order valence-electron chi connectivity index (χ1n) is 14.8. The molecule has 0 saturated heterocycles. The molecule has 0 aliphatic heterocycles. The molecule has 0 fully saturated rings. The predicted octanol–water partition coefficient (Wildman–Crippen LogP) is 5.63. The largest absolute Gasteiger partial charge is 0.339 e. The van der Waals surface area contributed by atoms with Crippen molar-refractivity contribution in [3.05, 3.63) is 113 Å². The number of carbonyl (C=O) groups is 2. The van der Waals surface area contributed by atoms with Crippen LogP contribution in [0.25, 0.3) is 11.3 Å². The number of allylic oxidation sites excluding steroid dienone is 2. The molecule has 0 bridgehead atoms. The van der Waals surface area contributed by atoms with Gasteiger partial charge < -0.3 is 24.7 Å². The number of nitrogens with one attached hydrogen (secondary N) is 2. The van der Waals surface area contributed by atoms with Crippen LogP contribution in [0.1, 0.15) is 48.7 Å². The van der Waals surface area contributed by atoms with Crippen LogP contribution in [0.4, 0.5) is 17.2 Å². The van der Waals surface area contributed by atoms with Crippen LogP contribution in [-0.4, -0.2) is 48.9 Å². The van der Waals surface area contributed by atoms with E-state index in [1.54, 1.807) is 50.0 Å². The van der Waals surface area contributed by atoms with Gasteiger partial charge in [0.05, 0.1) is 18.1 Å². The fraction of sp³-hybridized carbons (Fsp3) is 0.265. The standard InChI is InChI=1S/C34H37N7O3/c1-5-19-40(6-2)33(43)25-10-14-26(15-11-25)36-31-34(44)39(4)21-30(37-31)28-8-7-9-29(23(28)3)38-32(42)24-12-16-27(17-13-24)41-20-18-35-22-41/h7-16,18,20-22,27H,5-6,17,19H2,1-4H3,(H,36,37)(H,38,42). The Morgan fingerprint density at radius 1 is 1.11 bits per heavy atom. The number of amides is 2. The van der Waals surface area contributed by atoms with Gasteiger partial charge in [0.25, 0.3) is 17.4 Å². The minimum absolute atomic E-state index is 0.0196. The summed E-state index contributed by atoms with van der Waals surface area (Å²) in [5, 5.41) is 6.15. The number of carbonyl (C=O) groups excluding carboxylic acids is 2. The molecule has 2 aromatic heterocycles. The molecule has 1 atom stereocenters. The zero-order chi connectivity index (χ0) is 31.2. The average Bonchev–Trinajstić information content (AvgIpc) is 3.58. The van der Waals surface area contributed by atoms with Gasteiger partial charge in [-0.2, -0.15) is 0 Å². The molecule has 1 aliphatic rings. The number of hydrogen-bond donors (Lipinski definition) is 2. The van der Waals surface area contributed by atoms with E-state index in [0.29, 0.717) is 47.7 Å². The molecule has 4 aromatic rings. The summed E-state index contributed by atoms with van der Waals surface area (Å²) in [6.45, 7) is 7.27. The zero-order valence-electron chi connectivity index (χ0n) is 25.4. The minimum Gasteiger partial charge on any atom is -0.339 e. The molecule has 2 aromatic carbocycles. The summed E-state index contributed by atoms with van der Waals surface area (Å²) in [5.74, 6) is -0.0575. The summed E-state index contributed by atoms with van der Waals surface area (Å²) in [6.07, 6.45) is 14.4. The minimum atomic E-state index is -0.291. The van der Waals surface area contributed by atoms with Crippen molar-refractivity contribution >= 4 is 29.0 Å². The van der Waals surface area contributed by atoms with E-state index in [1.165, 1.54) is 4.57 Å². The maximum Gasteiger partial charge on any atom is 0.293 e. The highest BCUT2D eigenvalue weighted by Crippen LogP contribution is 2.29. The first-order chi connectivity index (χ1) is 21.3. The predicted molar refractivity (Wildman–Crippen MR) is 173 cm³/mol. The molecule has 1 aliphatic carbocycles. The Labute approximate surface area is 256 Å². The van der Waals surface area contributed by atoms with E-state index in [0.717, 1.165) is 17.5 Å². The van der Waals surface area contributed by atoms with Crippen LogP contribution in [0.15, 0.2) is 96.0 Å². The highest BCUT2D eigenvalue weighted by molar-refractivity contribution is 6.06. The molecular weight excluding hydrogens is 554 g/mol. The quantitative estimate of drug-likeness (QED) is 0.247. The first-order valence-corrected chi connectivity index (χ1v) is 14.8. The number of hydrogen-bond acceptors (Lipinski definition) is 6.